The first-order chi connectivity index (χ1) is 13.6. The number of esters is 1. The van der Waals surface area contributed by atoms with Gasteiger partial charge in [-0.05, 0) is 35.4 Å². The van der Waals surface area contributed by atoms with Gasteiger partial charge >= 0.3 is 11.9 Å². The van der Waals surface area contributed by atoms with Gasteiger partial charge in [-0.25, -0.2) is 9.59 Å². The van der Waals surface area contributed by atoms with E-state index in [0.717, 1.165) is 0 Å². The lowest BCUT2D eigenvalue weighted by molar-refractivity contribution is -0.133. The maximum Gasteiger partial charge on any atom is 0.338 e. The van der Waals surface area contributed by atoms with Crippen LogP contribution < -0.4 is 0 Å². The molecule has 0 saturated carbocycles. The Kier molecular flexibility index (Phi) is 5.87. The van der Waals surface area contributed by atoms with E-state index in [4.69, 9.17) is 9.15 Å². The van der Waals surface area contributed by atoms with Gasteiger partial charge < -0.3 is 14.3 Å². The summed E-state index contributed by atoms with van der Waals surface area (Å²) in [4.78, 5) is 23.8. The predicted octanol–water partition coefficient (Wildman–Crippen LogP) is 4.62. The van der Waals surface area contributed by atoms with E-state index < -0.39 is 11.9 Å². The first kappa shape index (κ1) is 18.9. The Labute approximate surface area is 162 Å². The van der Waals surface area contributed by atoms with E-state index in [1.54, 1.807) is 54.6 Å². The first-order valence-corrected chi connectivity index (χ1v) is 8.54. The normalized spacial score (nSPS) is 11.9. The van der Waals surface area contributed by atoms with Crippen LogP contribution in [0.4, 0.5) is 0 Å². The zero-order valence-electron chi connectivity index (χ0n) is 15.2. The van der Waals surface area contributed by atoms with Crippen LogP contribution in [-0.2, 0) is 14.3 Å². The van der Waals surface area contributed by atoms with Gasteiger partial charge in [0.15, 0.2) is 0 Å². The molecule has 0 atom stereocenters. The van der Waals surface area contributed by atoms with Crippen molar-refractivity contribution in [1.82, 2.24) is 0 Å². The van der Waals surface area contributed by atoms with E-state index in [9.17, 15) is 14.7 Å². The van der Waals surface area contributed by atoms with E-state index in [0.29, 0.717) is 28.2 Å². The Morgan fingerprint density at radius 2 is 1.25 bits per heavy atom. The Morgan fingerprint density at radius 1 is 0.786 bits per heavy atom. The highest BCUT2D eigenvalue weighted by Gasteiger charge is 2.14. The average Bonchev–Trinajstić information content (AvgIpc) is 3.18. The third-order valence-corrected chi connectivity index (χ3v) is 4.03. The molecule has 140 valence electrons. The molecule has 0 aliphatic carbocycles. The number of ether oxygens (including phenoxy) is 1. The molecule has 2 aromatic carbocycles. The lowest BCUT2D eigenvalue weighted by Crippen LogP contribution is -2.03. The third-order valence-electron chi connectivity index (χ3n) is 4.03. The molecule has 0 saturated heterocycles. The van der Waals surface area contributed by atoms with Crippen molar-refractivity contribution < 1.29 is 23.8 Å². The number of hydrogen-bond donors (Lipinski definition) is 1. The summed E-state index contributed by atoms with van der Waals surface area (Å²) < 4.78 is 10.6. The number of rotatable bonds is 6. The summed E-state index contributed by atoms with van der Waals surface area (Å²) in [6.07, 6.45) is 3.02. The fourth-order valence-electron chi connectivity index (χ4n) is 2.68. The SMILES string of the molecule is COC(=O)/C(=C/c1ccc(/C=C(\C(=O)O)c2ccccc2)o1)c1ccccc1. The van der Waals surface area contributed by atoms with Gasteiger partial charge in [0.2, 0.25) is 0 Å². The molecule has 1 N–H and O–H groups in total. The number of carboxylic acids is 1. The number of carboxylic acid groups (broad SMARTS) is 1. The maximum absolute atomic E-state index is 12.2. The Bertz CT molecular complexity index is 1030. The number of carbonyl (C=O) groups is 2. The highest BCUT2D eigenvalue weighted by molar-refractivity contribution is 6.21. The van der Waals surface area contributed by atoms with Crippen LogP contribution >= 0.6 is 0 Å². The molecule has 0 bridgehead atoms. The van der Waals surface area contributed by atoms with Gasteiger partial charge in [-0.3, -0.25) is 0 Å². The topological polar surface area (TPSA) is 76.7 Å². The van der Waals surface area contributed by atoms with Crippen LogP contribution in [0, 0.1) is 0 Å². The van der Waals surface area contributed by atoms with Crippen molar-refractivity contribution in [1.29, 1.82) is 0 Å². The molecular formula is C23H18O5. The zero-order valence-corrected chi connectivity index (χ0v) is 15.2. The standard InChI is InChI=1S/C23H18O5/c1-27-23(26)21(17-10-6-3-7-11-17)15-19-13-12-18(28-19)14-20(22(24)25)16-8-4-2-5-9-16/h2-15H,1H3,(H,24,25)/b20-14-,21-15+. The molecule has 0 fully saturated rings. The van der Waals surface area contributed by atoms with Gasteiger partial charge in [0.05, 0.1) is 18.3 Å². The lowest BCUT2D eigenvalue weighted by Gasteiger charge is -2.05. The van der Waals surface area contributed by atoms with Gasteiger partial charge in [0.1, 0.15) is 11.5 Å². The number of hydrogen-bond acceptors (Lipinski definition) is 4. The van der Waals surface area contributed by atoms with Gasteiger partial charge in [-0.2, -0.15) is 0 Å². The highest BCUT2D eigenvalue weighted by atomic mass is 16.5. The summed E-state index contributed by atoms with van der Waals surface area (Å²) in [6.45, 7) is 0. The highest BCUT2D eigenvalue weighted by Crippen LogP contribution is 2.24. The molecule has 0 spiro atoms. The van der Waals surface area contributed by atoms with Crippen molar-refractivity contribution in [3.63, 3.8) is 0 Å². The number of furan rings is 1. The summed E-state index contributed by atoms with van der Waals surface area (Å²) in [6, 6.07) is 21.2. The molecule has 0 radical (unpaired) electrons. The van der Waals surface area contributed by atoms with Crippen molar-refractivity contribution in [2.24, 2.45) is 0 Å². The second kappa shape index (κ2) is 8.68. The molecule has 0 aliphatic rings. The molecule has 0 amide bonds. The monoisotopic (exact) mass is 374 g/mol. The molecule has 1 heterocycles. The van der Waals surface area contributed by atoms with E-state index >= 15 is 0 Å². The van der Waals surface area contributed by atoms with Crippen molar-refractivity contribution in [2.75, 3.05) is 7.11 Å². The van der Waals surface area contributed by atoms with E-state index in [2.05, 4.69) is 0 Å². The van der Waals surface area contributed by atoms with Crippen LogP contribution in [0.3, 0.4) is 0 Å². The minimum Gasteiger partial charge on any atom is -0.478 e. The van der Waals surface area contributed by atoms with E-state index in [1.807, 2.05) is 24.3 Å². The average molecular weight is 374 g/mol. The van der Waals surface area contributed by atoms with Gasteiger partial charge in [-0.1, -0.05) is 60.7 Å². The van der Waals surface area contributed by atoms with Gasteiger partial charge in [-0.15, -0.1) is 0 Å². The van der Waals surface area contributed by atoms with Crippen molar-refractivity contribution in [3.05, 3.63) is 95.4 Å². The summed E-state index contributed by atoms with van der Waals surface area (Å²) >= 11 is 0. The second-order valence-electron chi connectivity index (χ2n) is 5.88. The Morgan fingerprint density at radius 3 is 1.71 bits per heavy atom. The lowest BCUT2D eigenvalue weighted by atomic mass is 10.1. The number of benzene rings is 2. The Balaban J connectivity index is 1.97. The van der Waals surface area contributed by atoms with Crippen molar-refractivity contribution in [2.45, 2.75) is 0 Å². The molecule has 0 unspecified atom stereocenters. The molecule has 28 heavy (non-hydrogen) atoms. The van der Waals surface area contributed by atoms with Crippen LogP contribution in [-0.4, -0.2) is 24.2 Å². The zero-order chi connectivity index (χ0) is 19.9. The van der Waals surface area contributed by atoms with Crippen LogP contribution in [0.25, 0.3) is 23.3 Å². The summed E-state index contributed by atoms with van der Waals surface area (Å²) in [5.74, 6) is -0.771. The summed E-state index contributed by atoms with van der Waals surface area (Å²) in [5, 5.41) is 9.51. The first-order valence-electron chi connectivity index (χ1n) is 8.54. The van der Waals surface area contributed by atoms with E-state index in [-0.39, 0.29) is 5.57 Å². The quantitative estimate of drug-likeness (QED) is 0.503. The molecule has 0 aliphatic heterocycles. The summed E-state index contributed by atoms with van der Waals surface area (Å²) in [7, 11) is 1.31. The van der Waals surface area contributed by atoms with Crippen LogP contribution in [0.15, 0.2) is 77.2 Å². The fraction of sp³-hybridized carbons (Fsp3) is 0.0435. The molecule has 1 aromatic heterocycles. The molecule has 5 nitrogen and oxygen atoms in total. The number of aliphatic carboxylic acids is 1. The minimum absolute atomic E-state index is 0.113. The maximum atomic E-state index is 12.2. The molecule has 5 heteroatoms. The smallest absolute Gasteiger partial charge is 0.338 e. The van der Waals surface area contributed by atoms with E-state index in [1.165, 1.54) is 13.2 Å². The molecule has 3 aromatic rings. The summed E-state index contributed by atoms with van der Waals surface area (Å²) in [5.41, 5.74) is 1.72. The minimum atomic E-state index is -1.06. The largest absolute Gasteiger partial charge is 0.478 e. The third kappa shape index (κ3) is 4.45. The molecular weight excluding hydrogens is 356 g/mol. The van der Waals surface area contributed by atoms with Crippen molar-refractivity contribution >= 4 is 35.2 Å². The molecule has 3 rings (SSSR count). The number of carbonyl (C=O) groups excluding carboxylic acids is 1. The fourth-order valence-corrected chi connectivity index (χ4v) is 2.68. The Hall–Kier alpha value is -3.86. The van der Waals surface area contributed by atoms with Crippen LogP contribution in [0.2, 0.25) is 0 Å². The van der Waals surface area contributed by atoms with Crippen LogP contribution in [0.5, 0.6) is 0 Å². The van der Waals surface area contributed by atoms with Gasteiger partial charge in [0.25, 0.3) is 0 Å². The van der Waals surface area contributed by atoms with Gasteiger partial charge in [0, 0.05) is 0 Å². The predicted molar refractivity (Wildman–Crippen MR) is 107 cm³/mol. The second-order valence-corrected chi connectivity index (χ2v) is 5.88. The number of methoxy groups -OCH3 is 1. The van der Waals surface area contributed by atoms with Crippen molar-refractivity contribution in [3.8, 4) is 0 Å². The van der Waals surface area contributed by atoms with Crippen LogP contribution in [0.1, 0.15) is 22.6 Å².